The van der Waals surface area contributed by atoms with Crippen LogP contribution in [0.2, 0.25) is 0 Å². The fourth-order valence-corrected chi connectivity index (χ4v) is 2.97. The minimum atomic E-state index is 0.0384. The molecule has 3 nitrogen and oxygen atoms in total. The van der Waals surface area contributed by atoms with Crippen LogP contribution in [-0.4, -0.2) is 15.5 Å². The van der Waals surface area contributed by atoms with Crippen LogP contribution in [0.25, 0.3) is 0 Å². The molecule has 0 aromatic carbocycles. The van der Waals surface area contributed by atoms with Crippen LogP contribution in [-0.2, 0) is 24.3 Å². The molecule has 2 rings (SSSR count). The van der Waals surface area contributed by atoms with Crippen molar-refractivity contribution in [1.29, 1.82) is 0 Å². The highest BCUT2D eigenvalue weighted by molar-refractivity contribution is 7.98. The second-order valence-corrected chi connectivity index (χ2v) is 6.07. The summed E-state index contributed by atoms with van der Waals surface area (Å²) in [6.07, 6.45) is 1.13. The molecule has 2 heterocycles. The molecule has 15 heavy (non-hydrogen) atoms. The Bertz CT molecular complexity index is 363. The lowest BCUT2D eigenvalue weighted by atomic mass is 10.1. The van der Waals surface area contributed by atoms with E-state index in [-0.39, 0.29) is 5.54 Å². The highest BCUT2D eigenvalue weighted by Gasteiger charge is 2.25. The average Bonchev–Trinajstić information content (AvgIpc) is 2.55. The van der Waals surface area contributed by atoms with Crippen molar-refractivity contribution in [2.45, 2.75) is 45.0 Å². The fraction of sp³-hybridized carbons (Fsp3) is 0.727. The van der Waals surface area contributed by atoms with Crippen LogP contribution in [0.3, 0.4) is 0 Å². The highest BCUT2D eigenvalue weighted by Crippen LogP contribution is 2.29. The van der Waals surface area contributed by atoms with Crippen LogP contribution in [0, 0.1) is 0 Å². The van der Waals surface area contributed by atoms with Crippen molar-refractivity contribution < 1.29 is 0 Å². The second-order valence-electron chi connectivity index (χ2n) is 4.96. The summed E-state index contributed by atoms with van der Waals surface area (Å²) in [6.45, 7) is 7.14. The lowest BCUT2D eigenvalue weighted by molar-refractivity contribution is 0.342. The van der Waals surface area contributed by atoms with E-state index in [9.17, 15) is 0 Å². The Balaban J connectivity index is 2.51. The highest BCUT2D eigenvalue weighted by atomic mass is 32.2. The van der Waals surface area contributed by atoms with Crippen LogP contribution in [0.4, 0.5) is 0 Å². The number of nitrogens with two attached hydrogens (primary N) is 1. The summed E-state index contributed by atoms with van der Waals surface area (Å²) in [6, 6.07) is 0. The van der Waals surface area contributed by atoms with Crippen molar-refractivity contribution >= 4 is 11.8 Å². The summed E-state index contributed by atoms with van der Waals surface area (Å²) >= 11 is 1.96. The number of nitrogens with zero attached hydrogens (tertiary/aromatic N) is 2. The molecular formula is C11H19N3S. The summed E-state index contributed by atoms with van der Waals surface area (Å²) < 4.78 is 2.11. The van der Waals surface area contributed by atoms with Gasteiger partial charge >= 0.3 is 0 Å². The van der Waals surface area contributed by atoms with Gasteiger partial charge in [0.05, 0.1) is 16.9 Å². The predicted octanol–water partition coefficient (Wildman–Crippen LogP) is 1.89. The Labute approximate surface area is 95.4 Å². The third-order valence-corrected chi connectivity index (χ3v) is 3.71. The van der Waals surface area contributed by atoms with Gasteiger partial charge in [-0.25, -0.2) is 0 Å². The molecule has 0 fully saturated rings. The summed E-state index contributed by atoms with van der Waals surface area (Å²) in [7, 11) is 0. The van der Waals surface area contributed by atoms with E-state index in [0.29, 0.717) is 6.54 Å². The summed E-state index contributed by atoms with van der Waals surface area (Å²) in [4.78, 5) is 0. The first-order valence-electron chi connectivity index (χ1n) is 5.42. The van der Waals surface area contributed by atoms with Gasteiger partial charge in [0.2, 0.25) is 0 Å². The maximum atomic E-state index is 5.85. The van der Waals surface area contributed by atoms with Gasteiger partial charge in [-0.05, 0) is 38.5 Å². The zero-order chi connectivity index (χ0) is 11.1. The van der Waals surface area contributed by atoms with Gasteiger partial charge in [-0.2, -0.15) is 16.9 Å². The van der Waals surface area contributed by atoms with Gasteiger partial charge in [0.15, 0.2) is 0 Å². The van der Waals surface area contributed by atoms with E-state index in [2.05, 4.69) is 25.5 Å². The van der Waals surface area contributed by atoms with Crippen LogP contribution in [0.15, 0.2) is 0 Å². The molecule has 0 aliphatic carbocycles. The van der Waals surface area contributed by atoms with E-state index in [1.54, 1.807) is 0 Å². The van der Waals surface area contributed by atoms with Gasteiger partial charge < -0.3 is 5.73 Å². The second kappa shape index (κ2) is 3.83. The number of aromatic nitrogens is 2. The maximum Gasteiger partial charge on any atom is 0.0759 e. The molecule has 0 amide bonds. The standard InChI is InChI=1S/C11H19N3S/c1-11(2,3)14-10(6-12)8-4-5-15-7-9(8)13-14/h4-7,12H2,1-3H3. The average molecular weight is 225 g/mol. The van der Waals surface area contributed by atoms with Crippen molar-refractivity contribution in [1.82, 2.24) is 9.78 Å². The Morgan fingerprint density at radius 3 is 2.80 bits per heavy atom. The van der Waals surface area contributed by atoms with Crippen molar-refractivity contribution in [3.05, 3.63) is 17.0 Å². The van der Waals surface area contributed by atoms with Crippen molar-refractivity contribution in [2.24, 2.45) is 5.73 Å². The zero-order valence-electron chi connectivity index (χ0n) is 9.71. The van der Waals surface area contributed by atoms with Crippen LogP contribution < -0.4 is 5.73 Å². The summed E-state index contributed by atoms with van der Waals surface area (Å²) in [5.74, 6) is 2.25. The van der Waals surface area contributed by atoms with Crippen molar-refractivity contribution in [3.63, 3.8) is 0 Å². The SMILES string of the molecule is CC(C)(C)n1nc2c(c1CN)CCSC2. The monoisotopic (exact) mass is 225 g/mol. The van der Waals surface area contributed by atoms with Crippen molar-refractivity contribution in [3.8, 4) is 0 Å². The number of rotatable bonds is 1. The summed E-state index contributed by atoms with van der Waals surface area (Å²) in [5, 5.41) is 4.71. The predicted molar refractivity (Wildman–Crippen MR) is 65.0 cm³/mol. The normalized spacial score (nSPS) is 16.5. The first kappa shape index (κ1) is 11.0. The molecule has 1 aliphatic heterocycles. The zero-order valence-corrected chi connectivity index (χ0v) is 10.5. The third-order valence-electron chi connectivity index (χ3n) is 2.74. The number of fused-ring (bicyclic) bond motifs is 1. The minimum Gasteiger partial charge on any atom is -0.325 e. The van der Waals surface area contributed by atoms with Gasteiger partial charge in [0.25, 0.3) is 0 Å². The number of hydrogen-bond acceptors (Lipinski definition) is 3. The topological polar surface area (TPSA) is 43.8 Å². The first-order chi connectivity index (χ1) is 7.04. The van der Waals surface area contributed by atoms with E-state index >= 15 is 0 Å². The van der Waals surface area contributed by atoms with Crippen LogP contribution >= 0.6 is 11.8 Å². The smallest absolute Gasteiger partial charge is 0.0759 e. The van der Waals surface area contributed by atoms with E-state index < -0.39 is 0 Å². The molecule has 1 aliphatic rings. The van der Waals surface area contributed by atoms with Gasteiger partial charge in [0, 0.05) is 12.3 Å². The Hall–Kier alpha value is -0.480. The third kappa shape index (κ3) is 1.93. The molecular weight excluding hydrogens is 206 g/mol. The van der Waals surface area contributed by atoms with Gasteiger partial charge in [-0.3, -0.25) is 4.68 Å². The molecule has 2 N–H and O–H groups in total. The van der Waals surface area contributed by atoms with Crippen molar-refractivity contribution in [2.75, 3.05) is 5.75 Å². The largest absolute Gasteiger partial charge is 0.325 e. The maximum absolute atomic E-state index is 5.85. The molecule has 4 heteroatoms. The summed E-state index contributed by atoms with van der Waals surface area (Å²) in [5.41, 5.74) is 9.78. The molecule has 84 valence electrons. The van der Waals surface area contributed by atoms with E-state index in [0.717, 1.165) is 12.2 Å². The molecule has 1 aromatic heterocycles. The molecule has 0 bridgehead atoms. The Morgan fingerprint density at radius 2 is 2.20 bits per heavy atom. The van der Waals surface area contributed by atoms with E-state index in [1.165, 1.54) is 22.7 Å². The van der Waals surface area contributed by atoms with Gasteiger partial charge in [-0.15, -0.1) is 0 Å². The van der Waals surface area contributed by atoms with Gasteiger partial charge in [-0.1, -0.05) is 0 Å². The molecule has 0 radical (unpaired) electrons. The Morgan fingerprint density at radius 1 is 1.47 bits per heavy atom. The minimum absolute atomic E-state index is 0.0384. The number of hydrogen-bond donors (Lipinski definition) is 1. The lowest BCUT2D eigenvalue weighted by Gasteiger charge is -2.22. The van der Waals surface area contributed by atoms with E-state index in [1.807, 2.05) is 11.8 Å². The van der Waals surface area contributed by atoms with Crippen LogP contribution in [0.5, 0.6) is 0 Å². The molecule has 0 unspecified atom stereocenters. The molecule has 1 aromatic rings. The van der Waals surface area contributed by atoms with E-state index in [4.69, 9.17) is 10.8 Å². The fourth-order valence-electron chi connectivity index (χ4n) is 2.05. The van der Waals surface area contributed by atoms with Gasteiger partial charge in [0.1, 0.15) is 0 Å². The molecule has 0 saturated carbocycles. The molecule has 0 atom stereocenters. The Kier molecular flexibility index (Phi) is 2.81. The van der Waals surface area contributed by atoms with Crippen LogP contribution in [0.1, 0.15) is 37.7 Å². The number of thioether (sulfide) groups is 1. The quantitative estimate of drug-likeness (QED) is 0.793. The molecule has 0 saturated heterocycles. The first-order valence-corrected chi connectivity index (χ1v) is 6.57. The molecule has 0 spiro atoms. The lowest BCUT2D eigenvalue weighted by Crippen LogP contribution is -2.26.